The normalized spacial score (nSPS) is 15.9. The molecule has 0 radical (unpaired) electrons. The van der Waals surface area contributed by atoms with E-state index in [0.717, 1.165) is 0 Å². The van der Waals surface area contributed by atoms with Gasteiger partial charge in [-0.3, -0.25) is 14.4 Å². The van der Waals surface area contributed by atoms with Gasteiger partial charge in [0.25, 0.3) is 5.91 Å². The number of piperidine rings is 1. The second-order valence-electron chi connectivity index (χ2n) is 7.85. The summed E-state index contributed by atoms with van der Waals surface area (Å²) in [6.07, 6.45) is 1.39. The lowest BCUT2D eigenvalue weighted by molar-refractivity contribution is -0.151. The number of ether oxygens (including phenoxy) is 3. The summed E-state index contributed by atoms with van der Waals surface area (Å²) in [6.45, 7) is 6.47. The zero-order chi connectivity index (χ0) is 23.8. The van der Waals surface area contributed by atoms with E-state index in [2.05, 4.69) is 4.98 Å². The molecular weight excluding hydrogens is 418 g/mol. The van der Waals surface area contributed by atoms with Gasteiger partial charge in [-0.25, -0.2) is 4.79 Å². The number of likely N-dealkylation sites (tertiary alicyclic amines) is 1. The largest absolute Gasteiger partial charge is 0.466 e. The zero-order valence-electron chi connectivity index (χ0n) is 19.5. The molecule has 32 heavy (non-hydrogen) atoms. The van der Waals surface area contributed by atoms with Crippen LogP contribution in [0.5, 0.6) is 0 Å². The lowest BCUT2D eigenvalue weighted by atomic mass is 9.98. The molecule has 1 N–H and O–H groups in total. The molecule has 2 amide bonds. The molecule has 1 saturated heterocycles. The van der Waals surface area contributed by atoms with Gasteiger partial charge in [0.15, 0.2) is 0 Å². The van der Waals surface area contributed by atoms with Crippen molar-refractivity contribution < 1.29 is 33.4 Å². The Balaban J connectivity index is 2.03. The first-order valence-corrected chi connectivity index (χ1v) is 10.8. The Morgan fingerprint density at radius 1 is 1.16 bits per heavy atom. The number of hydrogen-bond acceptors (Lipinski definition) is 7. The number of nitrogens with zero attached hydrogens (tertiary/aromatic N) is 2. The Hall–Kier alpha value is -2.88. The Kier molecular flexibility index (Phi) is 9.25. The monoisotopic (exact) mass is 451 g/mol. The highest BCUT2D eigenvalue weighted by Crippen LogP contribution is 2.21. The zero-order valence-corrected chi connectivity index (χ0v) is 19.5. The van der Waals surface area contributed by atoms with Gasteiger partial charge in [0.05, 0.1) is 31.2 Å². The van der Waals surface area contributed by atoms with Gasteiger partial charge in [0, 0.05) is 32.9 Å². The van der Waals surface area contributed by atoms with Gasteiger partial charge in [-0.05, 0) is 39.2 Å². The van der Waals surface area contributed by atoms with Gasteiger partial charge >= 0.3 is 11.9 Å². The maximum absolute atomic E-state index is 13.0. The summed E-state index contributed by atoms with van der Waals surface area (Å²) in [5.41, 5.74) is 1.52. The number of aromatic nitrogens is 1. The standard InChI is InChI=1S/C22H33N3O7/c1-6-31-21(28)16-8-7-9-25(12-16)17(26)13-24(4)20(27)19-14(2)18(15(3)23-19)22(29)32-11-10-30-5/h16,23H,6-13H2,1-5H3. The molecule has 178 valence electrons. The van der Waals surface area contributed by atoms with Crippen LogP contribution in [0.3, 0.4) is 0 Å². The number of aryl methyl sites for hydroxylation is 1. The molecule has 1 aliphatic heterocycles. The number of H-pyrrole nitrogens is 1. The molecule has 0 spiro atoms. The van der Waals surface area contributed by atoms with E-state index in [4.69, 9.17) is 14.2 Å². The van der Waals surface area contributed by atoms with Crippen LogP contribution in [0.15, 0.2) is 0 Å². The van der Waals surface area contributed by atoms with E-state index >= 15 is 0 Å². The van der Waals surface area contributed by atoms with Gasteiger partial charge in [0.1, 0.15) is 12.3 Å². The maximum atomic E-state index is 13.0. The minimum atomic E-state index is -0.538. The fourth-order valence-electron chi connectivity index (χ4n) is 3.78. The average molecular weight is 452 g/mol. The first kappa shape index (κ1) is 25.4. The SMILES string of the molecule is CCOC(=O)C1CCCN(C(=O)CN(C)C(=O)c2[nH]c(C)c(C(=O)OCCOC)c2C)C1. The van der Waals surface area contributed by atoms with Gasteiger partial charge < -0.3 is 29.0 Å². The third-order valence-electron chi connectivity index (χ3n) is 5.49. The van der Waals surface area contributed by atoms with Crippen molar-refractivity contribution in [1.29, 1.82) is 0 Å². The summed E-state index contributed by atoms with van der Waals surface area (Å²) in [5, 5.41) is 0. The number of hydrogen-bond donors (Lipinski definition) is 1. The van der Waals surface area contributed by atoms with Crippen molar-refractivity contribution in [3.8, 4) is 0 Å². The van der Waals surface area contributed by atoms with E-state index in [-0.39, 0.29) is 49.8 Å². The van der Waals surface area contributed by atoms with Crippen LogP contribution < -0.4 is 0 Å². The van der Waals surface area contributed by atoms with Crippen molar-refractivity contribution in [1.82, 2.24) is 14.8 Å². The lowest BCUT2D eigenvalue weighted by Crippen LogP contribution is -2.47. The number of likely N-dealkylation sites (N-methyl/N-ethyl adjacent to an activating group) is 1. The van der Waals surface area contributed by atoms with E-state index in [1.807, 2.05) is 0 Å². The summed E-state index contributed by atoms with van der Waals surface area (Å²) in [6, 6.07) is 0. The molecule has 2 rings (SSSR count). The van der Waals surface area contributed by atoms with Crippen LogP contribution in [0.25, 0.3) is 0 Å². The number of methoxy groups -OCH3 is 1. The van der Waals surface area contributed by atoms with Crippen molar-refractivity contribution >= 4 is 23.8 Å². The molecule has 1 atom stereocenters. The summed E-state index contributed by atoms with van der Waals surface area (Å²) >= 11 is 0. The number of esters is 2. The molecule has 1 unspecified atom stereocenters. The minimum absolute atomic E-state index is 0.111. The van der Waals surface area contributed by atoms with Crippen LogP contribution in [0.2, 0.25) is 0 Å². The van der Waals surface area contributed by atoms with Crippen molar-refractivity contribution in [2.24, 2.45) is 5.92 Å². The molecule has 2 heterocycles. The smallest absolute Gasteiger partial charge is 0.340 e. The first-order chi connectivity index (χ1) is 15.2. The molecule has 1 aromatic heterocycles. The second kappa shape index (κ2) is 11.7. The molecule has 1 aliphatic rings. The molecule has 0 bridgehead atoms. The quantitative estimate of drug-likeness (QED) is 0.444. The molecule has 0 saturated carbocycles. The number of carbonyl (C=O) groups is 4. The molecule has 10 heteroatoms. The average Bonchev–Trinajstić information content (AvgIpc) is 3.07. The minimum Gasteiger partial charge on any atom is -0.466 e. The molecule has 0 aromatic carbocycles. The highest BCUT2D eigenvalue weighted by molar-refractivity contribution is 6.01. The third kappa shape index (κ3) is 6.09. The van der Waals surface area contributed by atoms with Crippen molar-refractivity contribution in [2.75, 3.05) is 53.6 Å². The molecular formula is C22H33N3O7. The number of aromatic amines is 1. The van der Waals surface area contributed by atoms with Crippen LogP contribution in [-0.4, -0.2) is 92.1 Å². The third-order valence-corrected chi connectivity index (χ3v) is 5.49. The van der Waals surface area contributed by atoms with Crippen LogP contribution in [-0.2, 0) is 23.8 Å². The fourth-order valence-corrected chi connectivity index (χ4v) is 3.78. The van der Waals surface area contributed by atoms with Gasteiger partial charge in [0.2, 0.25) is 5.91 Å². The van der Waals surface area contributed by atoms with Crippen molar-refractivity contribution in [3.05, 3.63) is 22.5 Å². The number of amides is 2. The summed E-state index contributed by atoms with van der Waals surface area (Å²) in [4.78, 5) is 56.0. The molecule has 0 aliphatic carbocycles. The first-order valence-electron chi connectivity index (χ1n) is 10.8. The van der Waals surface area contributed by atoms with Gasteiger partial charge in [-0.2, -0.15) is 0 Å². The maximum Gasteiger partial charge on any atom is 0.340 e. The Labute approximate surface area is 188 Å². The predicted molar refractivity (Wildman–Crippen MR) is 115 cm³/mol. The summed E-state index contributed by atoms with van der Waals surface area (Å²) < 4.78 is 15.1. The van der Waals surface area contributed by atoms with E-state index in [1.165, 1.54) is 19.1 Å². The topological polar surface area (TPSA) is 118 Å². The summed E-state index contributed by atoms with van der Waals surface area (Å²) in [5.74, 6) is -1.82. The van der Waals surface area contributed by atoms with Gasteiger partial charge in [-0.15, -0.1) is 0 Å². The van der Waals surface area contributed by atoms with Gasteiger partial charge in [-0.1, -0.05) is 0 Å². The second-order valence-corrected chi connectivity index (χ2v) is 7.85. The number of carbonyl (C=O) groups excluding carboxylic acids is 4. The van der Waals surface area contributed by atoms with Crippen molar-refractivity contribution in [3.63, 3.8) is 0 Å². The molecule has 1 aromatic rings. The van der Waals surface area contributed by atoms with Crippen LogP contribution >= 0.6 is 0 Å². The van der Waals surface area contributed by atoms with Crippen LogP contribution in [0.1, 0.15) is 51.9 Å². The Bertz CT molecular complexity index is 849. The lowest BCUT2D eigenvalue weighted by Gasteiger charge is -2.32. The van der Waals surface area contributed by atoms with Crippen LogP contribution in [0.4, 0.5) is 0 Å². The Morgan fingerprint density at radius 2 is 1.88 bits per heavy atom. The predicted octanol–water partition coefficient (Wildman–Crippen LogP) is 1.31. The van der Waals surface area contributed by atoms with E-state index in [9.17, 15) is 19.2 Å². The highest BCUT2D eigenvalue weighted by atomic mass is 16.6. The molecule has 1 fully saturated rings. The Morgan fingerprint density at radius 3 is 2.53 bits per heavy atom. The van der Waals surface area contributed by atoms with Crippen LogP contribution in [0, 0.1) is 19.8 Å². The molecule has 10 nitrogen and oxygen atoms in total. The van der Waals surface area contributed by atoms with E-state index < -0.39 is 11.9 Å². The fraction of sp³-hybridized carbons (Fsp3) is 0.636. The summed E-state index contributed by atoms with van der Waals surface area (Å²) in [7, 11) is 3.04. The number of rotatable bonds is 9. The van der Waals surface area contributed by atoms with E-state index in [0.29, 0.717) is 42.8 Å². The number of nitrogens with one attached hydrogen (secondary N) is 1. The van der Waals surface area contributed by atoms with E-state index in [1.54, 1.807) is 25.7 Å². The highest BCUT2D eigenvalue weighted by Gasteiger charge is 2.31. The van der Waals surface area contributed by atoms with Crippen molar-refractivity contribution in [2.45, 2.75) is 33.6 Å².